The average Bonchev–Trinajstić information content (AvgIpc) is 3.26. The summed E-state index contributed by atoms with van der Waals surface area (Å²) < 4.78 is 26.4. The first-order valence-electron chi connectivity index (χ1n) is 6.52. The molecule has 1 aliphatic rings. The summed E-state index contributed by atoms with van der Waals surface area (Å²) in [6, 6.07) is 1.69. The van der Waals surface area contributed by atoms with Crippen LogP contribution in [0.5, 0.6) is 0 Å². The maximum absolute atomic E-state index is 11.9. The van der Waals surface area contributed by atoms with Crippen LogP contribution in [0.1, 0.15) is 18.5 Å². The molecule has 0 spiro atoms. The first kappa shape index (κ1) is 13.7. The average molecular weight is 305 g/mol. The van der Waals surface area contributed by atoms with Gasteiger partial charge >= 0.3 is 0 Å². The SMILES string of the molecule is Cc1nc(-c2cncc(NS(=O)(=O)C3CC3)c2)cnc1N. The van der Waals surface area contributed by atoms with Gasteiger partial charge in [0.2, 0.25) is 10.0 Å². The van der Waals surface area contributed by atoms with Gasteiger partial charge in [0.15, 0.2) is 0 Å². The highest BCUT2D eigenvalue weighted by Gasteiger charge is 2.35. The number of nitrogen functional groups attached to an aromatic ring is 1. The van der Waals surface area contributed by atoms with E-state index in [1.165, 1.54) is 6.20 Å². The number of sulfonamides is 1. The molecule has 21 heavy (non-hydrogen) atoms. The first-order valence-corrected chi connectivity index (χ1v) is 8.06. The Morgan fingerprint density at radius 2 is 2.05 bits per heavy atom. The van der Waals surface area contributed by atoms with Gasteiger partial charge in [0.05, 0.1) is 34.7 Å². The molecule has 0 unspecified atom stereocenters. The zero-order valence-corrected chi connectivity index (χ0v) is 12.3. The van der Waals surface area contributed by atoms with Crippen molar-refractivity contribution in [1.82, 2.24) is 15.0 Å². The second kappa shape index (κ2) is 4.96. The van der Waals surface area contributed by atoms with E-state index in [0.29, 0.717) is 41.3 Å². The van der Waals surface area contributed by atoms with E-state index < -0.39 is 10.0 Å². The molecule has 3 N–H and O–H groups in total. The summed E-state index contributed by atoms with van der Waals surface area (Å²) in [7, 11) is -3.30. The van der Waals surface area contributed by atoms with Crippen molar-refractivity contribution >= 4 is 21.5 Å². The summed E-state index contributed by atoms with van der Waals surface area (Å²) in [5.41, 5.74) is 7.97. The minimum Gasteiger partial charge on any atom is -0.382 e. The number of nitrogens with two attached hydrogens (primary N) is 1. The van der Waals surface area contributed by atoms with Crippen LogP contribution in [0.25, 0.3) is 11.3 Å². The number of aromatic nitrogens is 3. The Kier molecular flexibility index (Phi) is 3.25. The van der Waals surface area contributed by atoms with Crippen molar-refractivity contribution in [2.45, 2.75) is 25.0 Å². The van der Waals surface area contributed by atoms with Crippen LogP contribution in [-0.4, -0.2) is 28.6 Å². The van der Waals surface area contributed by atoms with Gasteiger partial charge in [-0.25, -0.2) is 18.4 Å². The minimum atomic E-state index is -3.30. The molecule has 3 rings (SSSR count). The number of hydrogen-bond donors (Lipinski definition) is 2. The molecule has 1 fully saturated rings. The van der Waals surface area contributed by atoms with E-state index in [1.54, 1.807) is 25.4 Å². The molecule has 0 aliphatic heterocycles. The summed E-state index contributed by atoms with van der Waals surface area (Å²) in [6.45, 7) is 1.76. The van der Waals surface area contributed by atoms with E-state index in [1.807, 2.05) is 0 Å². The smallest absolute Gasteiger partial charge is 0.235 e. The highest BCUT2D eigenvalue weighted by Crippen LogP contribution is 2.30. The van der Waals surface area contributed by atoms with Crippen molar-refractivity contribution in [3.63, 3.8) is 0 Å². The van der Waals surface area contributed by atoms with Gasteiger partial charge in [-0.15, -0.1) is 0 Å². The number of nitrogens with one attached hydrogen (secondary N) is 1. The fourth-order valence-corrected chi connectivity index (χ4v) is 3.26. The van der Waals surface area contributed by atoms with Crippen LogP contribution in [0.3, 0.4) is 0 Å². The Bertz CT molecular complexity index is 787. The summed E-state index contributed by atoms with van der Waals surface area (Å²) >= 11 is 0. The summed E-state index contributed by atoms with van der Waals surface area (Å²) in [5, 5.41) is -0.278. The Morgan fingerprint density at radius 1 is 1.29 bits per heavy atom. The Morgan fingerprint density at radius 3 is 2.71 bits per heavy atom. The molecule has 2 heterocycles. The van der Waals surface area contributed by atoms with Crippen LogP contribution in [0, 0.1) is 6.92 Å². The molecular weight excluding hydrogens is 290 g/mol. The van der Waals surface area contributed by atoms with Crippen LogP contribution >= 0.6 is 0 Å². The molecule has 1 aliphatic carbocycles. The molecule has 0 saturated heterocycles. The van der Waals surface area contributed by atoms with Crippen molar-refractivity contribution in [3.8, 4) is 11.3 Å². The fourth-order valence-electron chi connectivity index (χ4n) is 1.89. The van der Waals surface area contributed by atoms with Crippen LogP contribution in [0.2, 0.25) is 0 Å². The molecule has 2 aromatic rings. The highest BCUT2D eigenvalue weighted by molar-refractivity contribution is 7.93. The van der Waals surface area contributed by atoms with Gasteiger partial charge < -0.3 is 5.73 Å². The number of hydrogen-bond acceptors (Lipinski definition) is 6. The molecule has 2 aromatic heterocycles. The standard InChI is InChI=1S/C13H15N5O2S/c1-8-13(14)16-7-12(17-8)9-4-10(6-15-5-9)18-21(19,20)11-2-3-11/h4-7,11,18H,2-3H2,1H3,(H2,14,16). The van der Waals surface area contributed by atoms with Crippen molar-refractivity contribution < 1.29 is 8.42 Å². The van der Waals surface area contributed by atoms with Crippen molar-refractivity contribution in [2.75, 3.05) is 10.5 Å². The lowest BCUT2D eigenvalue weighted by atomic mass is 10.2. The van der Waals surface area contributed by atoms with Crippen LogP contribution in [0.4, 0.5) is 11.5 Å². The second-order valence-corrected chi connectivity index (χ2v) is 7.00. The quantitative estimate of drug-likeness (QED) is 0.881. The predicted molar refractivity (Wildman–Crippen MR) is 80.0 cm³/mol. The summed E-state index contributed by atoms with van der Waals surface area (Å²) in [5.74, 6) is 0.372. The third-order valence-corrected chi connectivity index (χ3v) is 5.11. The second-order valence-electron chi connectivity index (χ2n) is 5.03. The van der Waals surface area contributed by atoms with Gasteiger partial charge in [0, 0.05) is 11.8 Å². The molecule has 8 heteroatoms. The molecule has 110 valence electrons. The summed E-state index contributed by atoms with van der Waals surface area (Å²) in [6.07, 6.45) is 6.05. The van der Waals surface area contributed by atoms with Gasteiger partial charge in [-0.3, -0.25) is 9.71 Å². The molecule has 0 amide bonds. The van der Waals surface area contributed by atoms with E-state index in [0.717, 1.165) is 0 Å². The van der Waals surface area contributed by atoms with Crippen molar-refractivity contribution in [2.24, 2.45) is 0 Å². The summed E-state index contributed by atoms with van der Waals surface area (Å²) in [4.78, 5) is 12.4. The number of pyridine rings is 1. The lowest BCUT2D eigenvalue weighted by molar-refractivity contribution is 0.600. The van der Waals surface area contributed by atoms with Gasteiger partial charge in [0.25, 0.3) is 0 Å². The Labute approximate surface area is 122 Å². The number of aryl methyl sites for hydroxylation is 1. The van der Waals surface area contributed by atoms with E-state index in [2.05, 4.69) is 19.7 Å². The van der Waals surface area contributed by atoms with E-state index >= 15 is 0 Å². The molecule has 0 atom stereocenters. The number of rotatable bonds is 4. The Balaban J connectivity index is 1.90. The highest BCUT2D eigenvalue weighted by atomic mass is 32.2. The first-order chi connectivity index (χ1) is 9.95. The van der Waals surface area contributed by atoms with Crippen molar-refractivity contribution in [3.05, 3.63) is 30.4 Å². The molecule has 0 bridgehead atoms. The van der Waals surface area contributed by atoms with E-state index in [4.69, 9.17) is 5.73 Å². The molecule has 0 radical (unpaired) electrons. The lowest BCUT2D eigenvalue weighted by Crippen LogP contribution is -2.17. The third-order valence-electron chi connectivity index (χ3n) is 3.24. The van der Waals surface area contributed by atoms with Crippen LogP contribution in [-0.2, 0) is 10.0 Å². The van der Waals surface area contributed by atoms with Crippen LogP contribution < -0.4 is 10.5 Å². The molecule has 1 saturated carbocycles. The zero-order valence-electron chi connectivity index (χ0n) is 11.4. The maximum Gasteiger partial charge on any atom is 0.235 e. The van der Waals surface area contributed by atoms with Gasteiger partial charge in [-0.05, 0) is 25.8 Å². The van der Waals surface area contributed by atoms with Gasteiger partial charge in [0.1, 0.15) is 5.82 Å². The predicted octanol–water partition coefficient (Wildman–Crippen LogP) is 1.33. The van der Waals surface area contributed by atoms with Gasteiger partial charge in [-0.1, -0.05) is 0 Å². The van der Waals surface area contributed by atoms with Crippen molar-refractivity contribution in [1.29, 1.82) is 0 Å². The van der Waals surface area contributed by atoms with Gasteiger partial charge in [-0.2, -0.15) is 0 Å². The monoisotopic (exact) mass is 305 g/mol. The largest absolute Gasteiger partial charge is 0.382 e. The fraction of sp³-hybridized carbons (Fsp3) is 0.308. The topological polar surface area (TPSA) is 111 Å². The zero-order chi connectivity index (χ0) is 15.0. The van der Waals surface area contributed by atoms with E-state index in [9.17, 15) is 8.42 Å². The molecule has 7 nitrogen and oxygen atoms in total. The third kappa shape index (κ3) is 2.94. The Hall–Kier alpha value is -2.22. The van der Waals surface area contributed by atoms with Crippen LogP contribution in [0.15, 0.2) is 24.7 Å². The maximum atomic E-state index is 11.9. The minimum absolute atomic E-state index is 0.278. The normalized spacial score (nSPS) is 14.9. The van der Waals surface area contributed by atoms with E-state index in [-0.39, 0.29) is 5.25 Å². The molecule has 0 aromatic carbocycles. The lowest BCUT2D eigenvalue weighted by Gasteiger charge is -2.08. The molecular formula is C13H15N5O2S. The number of nitrogens with zero attached hydrogens (tertiary/aromatic N) is 3. The number of anilines is 2.